The fourth-order valence-corrected chi connectivity index (χ4v) is 4.82. The topological polar surface area (TPSA) is 77.1 Å². The molecule has 3 aromatic rings. The molecule has 2 amide bonds. The van der Waals surface area contributed by atoms with Crippen LogP contribution in [0.1, 0.15) is 49.3 Å². The van der Waals surface area contributed by atoms with Crippen molar-refractivity contribution in [1.82, 2.24) is 10.2 Å². The summed E-state index contributed by atoms with van der Waals surface area (Å²) in [6, 6.07) is 22.2. The second-order valence-corrected chi connectivity index (χ2v) is 9.20. The molecule has 0 bridgehead atoms. The molecule has 0 heterocycles. The molecule has 0 spiro atoms. The van der Waals surface area contributed by atoms with Gasteiger partial charge in [0.2, 0.25) is 5.91 Å². The first-order valence-corrected chi connectivity index (χ1v) is 13.2. The largest absolute Gasteiger partial charge is 0.497 e. The molecule has 7 nitrogen and oxygen atoms in total. The van der Waals surface area contributed by atoms with Crippen LogP contribution in [0.15, 0.2) is 66.7 Å². The number of hydrogen-bond acceptors (Lipinski definition) is 5. The van der Waals surface area contributed by atoms with Crippen LogP contribution < -0.4 is 14.8 Å². The molecule has 0 atom stereocenters. The van der Waals surface area contributed by atoms with Gasteiger partial charge in [0.15, 0.2) is 0 Å². The van der Waals surface area contributed by atoms with E-state index in [2.05, 4.69) is 29.6 Å². The van der Waals surface area contributed by atoms with Crippen molar-refractivity contribution in [3.05, 3.63) is 83.4 Å². The van der Waals surface area contributed by atoms with E-state index < -0.39 is 0 Å². The van der Waals surface area contributed by atoms with Crippen LogP contribution in [0.3, 0.4) is 0 Å². The monoisotopic (exact) mass is 516 g/mol. The number of carbonyl (C=O) groups excluding carboxylic acids is 2. The molecule has 1 N–H and O–H groups in total. The van der Waals surface area contributed by atoms with Crippen molar-refractivity contribution in [3.8, 4) is 22.6 Å². The van der Waals surface area contributed by atoms with Gasteiger partial charge < -0.3 is 24.4 Å². The highest BCUT2D eigenvalue weighted by Gasteiger charge is 2.29. The van der Waals surface area contributed by atoms with Crippen LogP contribution in [0, 0.1) is 0 Å². The Morgan fingerprint density at radius 3 is 2.26 bits per heavy atom. The van der Waals surface area contributed by atoms with Crippen LogP contribution in [0.5, 0.6) is 11.5 Å². The fourth-order valence-electron chi connectivity index (χ4n) is 4.82. The molecule has 7 heteroatoms. The van der Waals surface area contributed by atoms with Crippen molar-refractivity contribution < 1.29 is 23.8 Å². The average molecular weight is 517 g/mol. The number of nitrogens with zero attached hydrogens (tertiary/aromatic N) is 1. The fraction of sp³-hybridized carbons (Fsp3) is 0.355. The highest BCUT2D eigenvalue weighted by molar-refractivity contribution is 5.79. The summed E-state index contributed by atoms with van der Waals surface area (Å²) in [7, 11) is 1.60. The zero-order valence-electron chi connectivity index (χ0n) is 22.4. The summed E-state index contributed by atoms with van der Waals surface area (Å²) in [4.78, 5) is 26.6. The molecule has 38 heavy (non-hydrogen) atoms. The van der Waals surface area contributed by atoms with Crippen molar-refractivity contribution in [2.45, 2.75) is 39.2 Å². The molecule has 0 fully saturated rings. The molecule has 0 unspecified atom stereocenters. The third kappa shape index (κ3) is 6.28. The van der Waals surface area contributed by atoms with Crippen LogP contribution in [0.2, 0.25) is 0 Å². The zero-order chi connectivity index (χ0) is 26.9. The lowest BCUT2D eigenvalue weighted by Gasteiger charge is -2.23. The Bertz CT molecular complexity index is 1210. The lowest BCUT2D eigenvalue weighted by Crippen LogP contribution is -2.32. The summed E-state index contributed by atoms with van der Waals surface area (Å²) in [5.41, 5.74) is 5.61. The van der Waals surface area contributed by atoms with Gasteiger partial charge in [0, 0.05) is 37.1 Å². The molecule has 1 aliphatic carbocycles. The molecule has 3 aromatic carbocycles. The number of nitrogens with one attached hydrogen (secondary N) is 1. The Morgan fingerprint density at radius 1 is 0.947 bits per heavy atom. The van der Waals surface area contributed by atoms with Gasteiger partial charge in [-0.15, -0.1) is 0 Å². The maximum atomic E-state index is 13.2. The number of benzene rings is 3. The standard InChI is InChI=1S/C31H36N2O5/c1-4-32-30(34)15-10-18-37-29-19-23(36-3)17-16-22(29)20-33(5-2)31(35)38-21-28-26-13-8-6-11-24(26)25-12-7-9-14-27(25)28/h6-9,11-14,16-17,19,28H,4-5,10,15,18,20-21H2,1-3H3,(H,32,34). The number of hydrogen-bond donors (Lipinski definition) is 1. The first-order chi connectivity index (χ1) is 18.5. The van der Waals surface area contributed by atoms with Gasteiger partial charge in [-0.2, -0.15) is 0 Å². The van der Waals surface area contributed by atoms with Crippen molar-refractivity contribution in [2.24, 2.45) is 0 Å². The second-order valence-electron chi connectivity index (χ2n) is 9.20. The summed E-state index contributed by atoms with van der Waals surface area (Å²) in [6.45, 7) is 5.92. The number of ether oxygens (including phenoxy) is 3. The molecule has 200 valence electrons. The summed E-state index contributed by atoms with van der Waals surface area (Å²) in [5.74, 6) is 1.31. The minimum atomic E-state index is -0.368. The van der Waals surface area contributed by atoms with Gasteiger partial charge in [0.05, 0.1) is 20.3 Å². The third-order valence-corrected chi connectivity index (χ3v) is 6.79. The van der Waals surface area contributed by atoms with E-state index in [1.165, 1.54) is 22.3 Å². The first kappa shape index (κ1) is 27.0. The lowest BCUT2D eigenvalue weighted by molar-refractivity contribution is -0.121. The minimum Gasteiger partial charge on any atom is -0.497 e. The number of amides is 2. The van der Waals surface area contributed by atoms with E-state index >= 15 is 0 Å². The molecular weight excluding hydrogens is 480 g/mol. The van der Waals surface area contributed by atoms with Crippen molar-refractivity contribution in [3.63, 3.8) is 0 Å². The van der Waals surface area contributed by atoms with E-state index in [9.17, 15) is 9.59 Å². The zero-order valence-corrected chi connectivity index (χ0v) is 22.4. The number of fused-ring (bicyclic) bond motifs is 3. The number of methoxy groups -OCH3 is 1. The SMILES string of the molecule is CCNC(=O)CCCOc1cc(OC)ccc1CN(CC)C(=O)OCC1c2ccccc2-c2ccccc21. The molecule has 0 aliphatic heterocycles. The molecule has 1 aliphatic rings. The predicted octanol–water partition coefficient (Wildman–Crippen LogP) is 5.76. The maximum absolute atomic E-state index is 13.2. The third-order valence-electron chi connectivity index (χ3n) is 6.79. The highest BCUT2D eigenvalue weighted by Crippen LogP contribution is 2.44. The van der Waals surface area contributed by atoms with Gasteiger partial charge in [0.1, 0.15) is 18.1 Å². The van der Waals surface area contributed by atoms with E-state index in [1.54, 1.807) is 12.0 Å². The summed E-state index contributed by atoms with van der Waals surface area (Å²) in [6.07, 6.45) is 0.618. The summed E-state index contributed by atoms with van der Waals surface area (Å²) < 4.78 is 17.3. The van der Waals surface area contributed by atoms with Gasteiger partial charge in [-0.3, -0.25) is 4.79 Å². The maximum Gasteiger partial charge on any atom is 0.410 e. The average Bonchev–Trinajstić information content (AvgIpc) is 3.27. The van der Waals surface area contributed by atoms with E-state index in [-0.39, 0.29) is 24.5 Å². The Labute approximate surface area is 224 Å². The first-order valence-electron chi connectivity index (χ1n) is 13.2. The van der Waals surface area contributed by atoms with Gasteiger partial charge in [0.25, 0.3) is 0 Å². The van der Waals surface area contributed by atoms with Gasteiger partial charge in [-0.1, -0.05) is 48.5 Å². The Kier molecular flexibility index (Phi) is 9.25. The smallest absolute Gasteiger partial charge is 0.410 e. The molecule has 0 aromatic heterocycles. The number of rotatable bonds is 12. The molecular formula is C31H36N2O5. The van der Waals surface area contributed by atoms with Crippen LogP contribution in [-0.2, 0) is 16.1 Å². The van der Waals surface area contributed by atoms with Crippen molar-refractivity contribution >= 4 is 12.0 Å². The van der Waals surface area contributed by atoms with Crippen LogP contribution in [0.4, 0.5) is 4.79 Å². The molecule has 0 saturated carbocycles. The summed E-state index contributed by atoms with van der Waals surface area (Å²) >= 11 is 0. The molecule has 0 radical (unpaired) electrons. The Hall–Kier alpha value is -4.00. The van der Waals surface area contributed by atoms with Crippen LogP contribution in [0.25, 0.3) is 11.1 Å². The normalized spacial score (nSPS) is 11.9. The van der Waals surface area contributed by atoms with Crippen molar-refractivity contribution in [1.29, 1.82) is 0 Å². The lowest BCUT2D eigenvalue weighted by atomic mass is 9.98. The predicted molar refractivity (Wildman–Crippen MR) is 148 cm³/mol. The van der Waals surface area contributed by atoms with E-state index in [0.29, 0.717) is 50.6 Å². The minimum absolute atomic E-state index is 0.00868. The van der Waals surface area contributed by atoms with Gasteiger partial charge in [-0.05, 0) is 54.7 Å². The Balaban J connectivity index is 1.41. The highest BCUT2D eigenvalue weighted by atomic mass is 16.6. The molecule has 0 saturated heterocycles. The van der Waals surface area contributed by atoms with Gasteiger partial charge >= 0.3 is 6.09 Å². The number of carbonyl (C=O) groups is 2. The quantitative estimate of drug-likeness (QED) is 0.310. The van der Waals surface area contributed by atoms with Crippen molar-refractivity contribution in [2.75, 3.05) is 33.4 Å². The van der Waals surface area contributed by atoms with Crippen LogP contribution >= 0.6 is 0 Å². The van der Waals surface area contributed by atoms with E-state index in [1.807, 2.05) is 56.3 Å². The van der Waals surface area contributed by atoms with Gasteiger partial charge in [-0.25, -0.2) is 4.79 Å². The van der Waals surface area contributed by atoms with E-state index in [4.69, 9.17) is 14.2 Å². The molecule has 4 rings (SSSR count). The second kappa shape index (κ2) is 13.0. The summed E-state index contributed by atoms with van der Waals surface area (Å²) in [5, 5.41) is 2.79. The van der Waals surface area contributed by atoms with E-state index in [0.717, 1.165) is 5.56 Å². The van der Waals surface area contributed by atoms with Crippen LogP contribution in [-0.4, -0.2) is 50.3 Å². The Morgan fingerprint density at radius 2 is 1.63 bits per heavy atom.